The summed E-state index contributed by atoms with van der Waals surface area (Å²) in [6.45, 7) is 3.54. The van der Waals surface area contributed by atoms with Gasteiger partial charge in [-0.1, -0.05) is 6.07 Å². The predicted molar refractivity (Wildman–Crippen MR) is 84.5 cm³/mol. The second-order valence-electron chi connectivity index (χ2n) is 4.60. The molecule has 22 heavy (non-hydrogen) atoms. The summed E-state index contributed by atoms with van der Waals surface area (Å²) >= 11 is 0. The molecule has 2 aromatic carbocycles. The molecule has 0 aliphatic carbocycles. The van der Waals surface area contributed by atoms with E-state index < -0.39 is 9.85 Å². The minimum absolute atomic E-state index is 0.0353. The summed E-state index contributed by atoms with van der Waals surface area (Å²) < 4.78 is 0. The van der Waals surface area contributed by atoms with Crippen LogP contribution in [0.2, 0.25) is 0 Å². The molecule has 0 aliphatic heterocycles. The van der Waals surface area contributed by atoms with Crippen LogP contribution in [0.1, 0.15) is 11.1 Å². The SMILES string of the molecule is Cc1cc([N+](=O)[O-])ccc1N.Cc1ccc([N+](=O)[O-])cc1N. The Kier molecular flexibility index (Phi) is 5.39. The minimum Gasteiger partial charge on any atom is -0.399 e. The third-order valence-electron chi connectivity index (χ3n) is 2.94. The first-order valence-electron chi connectivity index (χ1n) is 6.23. The largest absolute Gasteiger partial charge is 0.399 e. The van der Waals surface area contributed by atoms with E-state index in [1.807, 2.05) is 0 Å². The smallest absolute Gasteiger partial charge is 0.271 e. The molecular weight excluding hydrogens is 288 g/mol. The van der Waals surface area contributed by atoms with E-state index >= 15 is 0 Å². The molecule has 0 saturated heterocycles. The van der Waals surface area contributed by atoms with Gasteiger partial charge < -0.3 is 11.5 Å². The molecule has 0 spiro atoms. The van der Waals surface area contributed by atoms with Crippen molar-refractivity contribution in [2.75, 3.05) is 11.5 Å². The van der Waals surface area contributed by atoms with Gasteiger partial charge in [-0.25, -0.2) is 0 Å². The van der Waals surface area contributed by atoms with Crippen molar-refractivity contribution >= 4 is 22.7 Å². The molecule has 0 bridgehead atoms. The maximum Gasteiger partial charge on any atom is 0.271 e. The van der Waals surface area contributed by atoms with Crippen LogP contribution in [0.3, 0.4) is 0 Å². The Morgan fingerprint density at radius 1 is 0.773 bits per heavy atom. The Labute approximate surface area is 126 Å². The fraction of sp³-hybridized carbons (Fsp3) is 0.143. The van der Waals surface area contributed by atoms with Gasteiger partial charge in [0.15, 0.2) is 0 Å². The molecule has 0 radical (unpaired) electrons. The lowest BCUT2D eigenvalue weighted by Crippen LogP contribution is -1.92. The number of rotatable bonds is 2. The van der Waals surface area contributed by atoms with Gasteiger partial charge in [-0.3, -0.25) is 20.2 Å². The molecule has 2 rings (SSSR count). The highest BCUT2D eigenvalue weighted by atomic mass is 16.6. The van der Waals surface area contributed by atoms with Crippen LogP contribution in [0.5, 0.6) is 0 Å². The van der Waals surface area contributed by atoms with Crippen LogP contribution in [-0.4, -0.2) is 9.85 Å². The molecule has 0 fully saturated rings. The van der Waals surface area contributed by atoms with E-state index in [4.69, 9.17) is 11.5 Å². The Hall–Kier alpha value is -3.16. The van der Waals surface area contributed by atoms with E-state index in [1.165, 1.54) is 30.3 Å². The first-order valence-corrected chi connectivity index (χ1v) is 6.23. The van der Waals surface area contributed by atoms with Crippen LogP contribution in [0.4, 0.5) is 22.7 Å². The third kappa shape index (κ3) is 4.44. The van der Waals surface area contributed by atoms with Gasteiger partial charge in [0.05, 0.1) is 9.85 Å². The molecule has 0 amide bonds. The number of benzene rings is 2. The molecule has 0 saturated carbocycles. The Bertz CT molecular complexity index is 654. The van der Waals surface area contributed by atoms with Crippen molar-refractivity contribution in [1.82, 2.24) is 0 Å². The minimum atomic E-state index is -0.462. The molecule has 0 aromatic heterocycles. The average molecular weight is 304 g/mol. The second-order valence-corrected chi connectivity index (χ2v) is 4.60. The molecule has 0 atom stereocenters. The molecule has 116 valence electrons. The standard InChI is InChI=1S/2C7H8N2O2/c1-5-4-6(9(10)11)2-3-7(5)8;1-5-2-3-6(9(10)11)4-7(5)8/h2*2-4H,8H2,1H3. The van der Waals surface area contributed by atoms with Crippen LogP contribution in [-0.2, 0) is 0 Å². The van der Waals surface area contributed by atoms with Gasteiger partial charge in [-0.2, -0.15) is 0 Å². The van der Waals surface area contributed by atoms with Gasteiger partial charge in [0.25, 0.3) is 11.4 Å². The number of non-ortho nitro benzene ring substituents is 2. The number of nitro benzene ring substituents is 2. The zero-order chi connectivity index (χ0) is 16.9. The van der Waals surface area contributed by atoms with Crippen molar-refractivity contribution in [3.63, 3.8) is 0 Å². The monoisotopic (exact) mass is 304 g/mol. The molecule has 4 N–H and O–H groups in total. The highest BCUT2D eigenvalue weighted by molar-refractivity contribution is 5.53. The number of nitrogens with two attached hydrogens (primary N) is 2. The summed E-state index contributed by atoms with van der Waals surface area (Å²) in [4.78, 5) is 19.5. The van der Waals surface area contributed by atoms with Crippen LogP contribution in [0.15, 0.2) is 36.4 Å². The predicted octanol–water partition coefficient (Wildman–Crippen LogP) is 2.97. The maximum absolute atomic E-state index is 10.2. The van der Waals surface area contributed by atoms with Crippen LogP contribution in [0.25, 0.3) is 0 Å². The number of anilines is 2. The second kappa shape index (κ2) is 7.02. The Balaban J connectivity index is 0.000000220. The normalized spacial score (nSPS) is 9.55. The number of hydrogen-bond donors (Lipinski definition) is 2. The van der Waals surface area contributed by atoms with Crippen molar-refractivity contribution in [3.05, 3.63) is 67.8 Å². The molecule has 0 unspecified atom stereocenters. The highest BCUT2D eigenvalue weighted by Crippen LogP contribution is 2.18. The van der Waals surface area contributed by atoms with Crippen molar-refractivity contribution < 1.29 is 9.85 Å². The van der Waals surface area contributed by atoms with Crippen molar-refractivity contribution in [3.8, 4) is 0 Å². The lowest BCUT2D eigenvalue weighted by molar-refractivity contribution is -0.385. The zero-order valence-corrected chi connectivity index (χ0v) is 12.1. The number of nitro groups is 2. The summed E-state index contributed by atoms with van der Waals surface area (Å²) in [6.07, 6.45) is 0. The average Bonchev–Trinajstić information content (AvgIpc) is 2.45. The molecule has 2 aromatic rings. The fourth-order valence-corrected chi connectivity index (χ4v) is 1.51. The van der Waals surface area contributed by atoms with Gasteiger partial charge in [-0.15, -0.1) is 0 Å². The number of nitrogen functional groups attached to an aromatic ring is 2. The quantitative estimate of drug-likeness (QED) is 0.496. The van der Waals surface area contributed by atoms with Gasteiger partial charge in [-0.05, 0) is 31.0 Å². The molecule has 8 heteroatoms. The Morgan fingerprint density at radius 2 is 1.27 bits per heavy atom. The van der Waals surface area contributed by atoms with Crippen LogP contribution >= 0.6 is 0 Å². The van der Waals surface area contributed by atoms with Gasteiger partial charge in [0, 0.05) is 35.6 Å². The van der Waals surface area contributed by atoms with Crippen molar-refractivity contribution in [2.45, 2.75) is 13.8 Å². The molecular formula is C14H16N4O4. The fourth-order valence-electron chi connectivity index (χ4n) is 1.51. The number of aryl methyl sites for hydroxylation is 2. The Morgan fingerprint density at radius 3 is 1.73 bits per heavy atom. The maximum atomic E-state index is 10.2. The molecule has 0 heterocycles. The van der Waals surface area contributed by atoms with E-state index in [0.29, 0.717) is 11.4 Å². The number of hydrogen-bond acceptors (Lipinski definition) is 6. The summed E-state index contributed by atoms with van der Waals surface area (Å²) in [5.41, 5.74) is 13.7. The van der Waals surface area contributed by atoms with E-state index in [9.17, 15) is 20.2 Å². The van der Waals surface area contributed by atoms with Gasteiger partial charge in [0.2, 0.25) is 0 Å². The zero-order valence-electron chi connectivity index (χ0n) is 12.1. The topological polar surface area (TPSA) is 138 Å². The highest BCUT2D eigenvalue weighted by Gasteiger charge is 2.05. The molecule has 8 nitrogen and oxygen atoms in total. The van der Waals surface area contributed by atoms with E-state index in [0.717, 1.165) is 11.1 Å². The van der Waals surface area contributed by atoms with E-state index in [2.05, 4.69) is 0 Å². The molecule has 0 aliphatic rings. The summed E-state index contributed by atoms with van der Waals surface area (Å²) in [6, 6.07) is 8.81. The van der Waals surface area contributed by atoms with E-state index in [1.54, 1.807) is 19.9 Å². The first kappa shape index (κ1) is 16.9. The number of nitrogens with zero attached hydrogens (tertiary/aromatic N) is 2. The first-order chi connectivity index (χ1) is 10.2. The lowest BCUT2D eigenvalue weighted by Gasteiger charge is -1.97. The lowest BCUT2D eigenvalue weighted by atomic mass is 10.2. The van der Waals surface area contributed by atoms with Crippen molar-refractivity contribution in [1.29, 1.82) is 0 Å². The van der Waals surface area contributed by atoms with E-state index in [-0.39, 0.29) is 11.4 Å². The van der Waals surface area contributed by atoms with Crippen LogP contribution < -0.4 is 11.5 Å². The summed E-state index contributed by atoms with van der Waals surface area (Å²) in [5, 5.41) is 20.4. The van der Waals surface area contributed by atoms with Gasteiger partial charge >= 0.3 is 0 Å². The van der Waals surface area contributed by atoms with Crippen LogP contribution in [0, 0.1) is 34.1 Å². The third-order valence-corrected chi connectivity index (χ3v) is 2.94. The summed E-state index contributed by atoms with van der Waals surface area (Å²) in [7, 11) is 0. The summed E-state index contributed by atoms with van der Waals surface area (Å²) in [5.74, 6) is 0. The van der Waals surface area contributed by atoms with Gasteiger partial charge in [0.1, 0.15) is 0 Å². The van der Waals surface area contributed by atoms with Crippen molar-refractivity contribution in [2.24, 2.45) is 0 Å².